The van der Waals surface area contributed by atoms with Gasteiger partial charge in [0.1, 0.15) is 11.6 Å². The molecule has 2 aliphatic rings. The number of nitrogen functional groups attached to an aromatic ring is 1. The van der Waals surface area contributed by atoms with E-state index in [4.69, 9.17) is 10.5 Å². The molecule has 0 amide bonds. The van der Waals surface area contributed by atoms with Crippen LogP contribution in [0.3, 0.4) is 0 Å². The van der Waals surface area contributed by atoms with Crippen LogP contribution in [-0.4, -0.2) is 36.1 Å². The topological polar surface area (TPSA) is 51.4 Å². The van der Waals surface area contributed by atoms with Crippen LogP contribution in [0.1, 0.15) is 36.8 Å². The van der Waals surface area contributed by atoms with Crippen molar-refractivity contribution in [3.63, 3.8) is 0 Å². The number of rotatable bonds is 5. The third-order valence-corrected chi connectivity index (χ3v) is 5.15. The Labute approximate surface area is 149 Å². The van der Waals surface area contributed by atoms with Crippen molar-refractivity contribution >= 4 is 29.1 Å². The van der Waals surface area contributed by atoms with Crippen molar-refractivity contribution in [3.05, 3.63) is 29.3 Å². The van der Waals surface area contributed by atoms with E-state index in [0.717, 1.165) is 43.7 Å². The summed E-state index contributed by atoms with van der Waals surface area (Å²) in [7, 11) is 0. The Morgan fingerprint density at radius 3 is 2.71 bits per heavy atom. The highest BCUT2D eigenvalue weighted by molar-refractivity contribution is 5.87. The molecule has 0 radical (unpaired) electrons. The number of nitrogens with two attached hydrogens (primary N) is 1. The van der Waals surface area contributed by atoms with Crippen molar-refractivity contribution in [2.24, 2.45) is 0 Å². The van der Waals surface area contributed by atoms with E-state index in [1.54, 1.807) is 0 Å². The average molecular weight is 348 g/mol. The summed E-state index contributed by atoms with van der Waals surface area (Å²) in [6, 6.07) is 6.27. The number of likely N-dealkylation sites (tertiary alicyclic amines) is 1. The lowest BCUT2D eigenvalue weighted by Gasteiger charge is -2.15. The van der Waals surface area contributed by atoms with Gasteiger partial charge in [0.15, 0.2) is 0 Å². The number of nitrogens with zero attached hydrogens (tertiary/aromatic N) is 2. The van der Waals surface area contributed by atoms with E-state index >= 15 is 0 Å². The first-order valence-corrected chi connectivity index (χ1v) is 8.87. The maximum Gasteiger partial charge on any atom is 0.127 e. The van der Waals surface area contributed by atoms with Gasteiger partial charge in [0.05, 0.1) is 12.1 Å². The lowest BCUT2D eigenvalue weighted by molar-refractivity contribution is 0.263. The second-order valence-electron chi connectivity index (χ2n) is 6.74. The molecule has 5 heteroatoms. The van der Waals surface area contributed by atoms with Gasteiger partial charge in [-0.1, -0.05) is 0 Å². The van der Waals surface area contributed by atoms with E-state index in [-0.39, 0.29) is 12.4 Å². The second kappa shape index (κ2) is 7.58. The van der Waals surface area contributed by atoms with Gasteiger partial charge in [-0.15, -0.1) is 12.4 Å². The molecule has 130 valence electrons. The fourth-order valence-electron chi connectivity index (χ4n) is 3.95. The van der Waals surface area contributed by atoms with Gasteiger partial charge in [0.25, 0.3) is 0 Å². The van der Waals surface area contributed by atoms with Crippen molar-refractivity contribution in [1.82, 2.24) is 9.88 Å². The second-order valence-corrected chi connectivity index (χ2v) is 6.74. The summed E-state index contributed by atoms with van der Waals surface area (Å²) >= 11 is 0. The quantitative estimate of drug-likeness (QED) is 0.840. The number of ether oxygens (including phenoxy) is 1. The number of anilines is 1. The van der Waals surface area contributed by atoms with Gasteiger partial charge in [0.2, 0.25) is 0 Å². The molecule has 0 saturated carbocycles. The van der Waals surface area contributed by atoms with Crippen molar-refractivity contribution in [2.45, 2.75) is 38.5 Å². The van der Waals surface area contributed by atoms with Gasteiger partial charge < -0.3 is 15.4 Å². The van der Waals surface area contributed by atoms with Crippen molar-refractivity contribution in [1.29, 1.82) is 0 Å². The van der Waals surface area contributed by atoms with Gasteiger partial charge in [-0.2, -0.15) is 0 Å². The Hall–Kier alpha value is -1.52. The third kappa shape index (κ3) is 3.45. The van der Waals surface area contributed by atoms with Gasteiger partial charge in [0, 0.05) is 18.0 Å². The van der Waals surface area contributed by atoms with Crippen molar-refractivity contribution in [2.75, 3.05) is 32.0 Å². The largest absolute Gasteiger partial charge is 0.493 e. The van der Waals surface area contributed by atoms with Gasteiger partial charge in [-0.3, -0.25) is 0 Å². The van der Waals surface area contributed by atoms with Crippen LogP contribution >= 0.6 is 12.4 Å². The molecule has 1 fully saturated rings. The Balaban J connectivity index is 0.00000169. The van der Waals surface area contributed by atoms with Crippen LogP contribution in [-0.2, 0) is 12.8 Å². The van der Waals surface area contributed by atoms with Crippen LogP contribution in [0.5, 0.6) is 5.75 Å². The number of aryl methyl sites for hydroxylation is 1. The zero-order valence-corrected chi connectivity index (χ0v) is 14.9. The van der Waals surface area contributed by atoms with Gasteiger partial charge in [-0.05, 0) is 74.9 Å². The predicted octanol–water partition coefficient (Wildman–Crippen LogP) is 3.59. The Morgan fingerprint density at radius 2 is 1.88 bits per heavy atom. The highest BCUT2D eigenvalue weighted by Gasteiger charge is 2.18. The summed E-state index contributed by atoms with van der Waals surface area (Å²) < 4.78 is 5.93. The molecule has 1 aromatic carbocycles. The number of benzene rings is 1. The van der Waals surface area contributed by atoms with E-state index < -0.39 is 0 Å². The molecule has 0 bridgehead atoms. The van der Waals surface area contributed by atoms with Crippen molar-refractivity contribution in [3.8, 4) is 5.75 Å². The molecule has 0 unspecified atom stereocenters. The molecule has 0 atom stereocenters. The Morgan fingerprint density at radius 1 is 1.08 bits per heavy atom. The summed E-state index contributed by atoms with van der Waals surface area (Å²) in [5, 5.41) is 1.25. The van der Waals surface area contributed by atoms with Crippen LogP contribution in [0, 0.1) is 0 Å². The smallest absolute Gasteiger partial charge is 0.127 e. The molecular formula is C19H26ClN3O. The number of hydrogen-bond acceptors (Lipinski definition) is 4. The first kappa shape index (κ1) is 17.3. The van der Waals surface area contributed by atoms with Crippen molar-refractivity contribution < 1.29 is 4.74 Å². The van der Waals surface area contributed by atoms with Crippen LogP contribution in [0.4, 0.5) is 5.82 Å². The molecule has 2 N–H and O–H groups in total. The number of hydrogen-bond donors (Lipinski definition) is 1. The lowest BCUT2D eigenvalue weighted by Crippen LogP contribution is -2.21. The van der Waals surface area contributed by atoms with E-state index in [9.17, 15) is 0 Å². The zero-order valence-electron chi connectivity index (χ0n) is 14.1. The van der Waals surface area contributed by atoms with Crippen LogP contribution in [0.15, 0.2) is 18.2 Å². The summed E-state index contributed by atoms with van der Waals surface area (Å²) in [6.45, 7) is 4.42. The molecular weight excluding hydrogens is 322 g/mol. The average Bonchev–Trinajstić information content (AvgIpc) is 3.23. The van der Waals surface area contributed by atoms with E-state index in [1.807, 2.05) is 6.07 Å². The van der Waals surface area contributed by atoms with Gasteiger partial charge in [-0.25, -0.2) is 4.98 Å². The first-order chi connectivity index (χ1) is 11.3. The van der Waals surface area contributed by atoms with Crippen LogP contribution in [0.25, 0.3) is 10.9 Å². The minimum Gasteiger partial charge on any atom is -0.493 e. The number of fused-ring (bicyclic) bond motifs is 3. The molecule has 2 heterocycles. The maximum absolute atomic E-state index is 6.12. The van der Waals surface area contributed by atoms with Gasteiger partial charge >= 0.3 is 0 Å². The van der Waals surface area contributed by atoms with Crippen LogP contribution < -0.4 is 10.5 Å². The molecule has 4 nitrogen and oxygen atoms in total. The van der Waals surface area contributed by atoms with Crippen LogP contribution in [0.2, 0.25) is 0 Å². The standard InChI is InChI=1S/C19H25N3O.ClH/c20-19-17-6-3-5-15(17)16-8-7-14(13-18(16)21-19)23-12-4-11-22-9-1-2-10-22;/h7-8,13H,1-6,9-12H2,(H2,20,21);1H. The Kier molecular flexibility index (Phi) is 5.47. The monoisotopic (exact) mass is 347 g/mol. The lowest BCUT2D eigenvalue weighted by atomic mass is 10.0. The third-order valence-electron chi connectivity index (χ3n) is 5.15. The Bertz CT molecular complexity index is 713. The maximum atomic E-state index is 6.12. The molecule has 1 saturated heterocycles. The minimum absolute atomic E-state index is 0. The fraction of sp³-hybridized carbons (Fsp3) is 0.526. The van der Waals surface area contributed by atoms with E-state index in [2.05, 4.69) is 22.0 Å². The highest BCUT2D eigenvalue weighted by Crippen LogP contribution is 2.33. The number of halogens is 1. The SMILES string of the molecule is Cl.Nc1nc2cc(OCCCN3CCCC3)ccc2c2c1CCC2. The molecule has 1 aromatic heterocycles. The predicted molar refractivity (Wildman–Crippen MR) is 101 cm³/mol. The normalized spacial score (nSPS) is 17.0. The highest BCUT2D eigenvalue weighted by atomic mass is 35.5. The molecule has 1 aliphatic carbocycles. The van der Waals surface area contributed by atoms with E-state index in [0.29, 0.717) is 5.82 Å². The molecule has 0 spiro atoms. The summed E-state index contributed by atoms with van der Waals surface area (Å²) in [4.78, 5) is 7.11. The summed E-state index contributed by atoms with van der Waals surface area (Å²) in [5.74, 6) is 1.61. The molecule has 1 aliphatic heterocycles. The first-order valence-electron chi connectivity index (χ1n) is 8.87. The molecule has 4 rings (SSSR count). The fourth-order valence-corrected chi connectivity index (χ4v) is 3.95. The van der Waals surface area contributed by atoms with E-state index in [1.165, 1.54) is 48.9 Å². The molecule has 2 aromatic rings. The number of pyridine rings is 1. The minimum atomic E-state index is 0. The summed E-state index contributed by atoms with van der Waals surface area (Å²) in [5.41, 5.74) is 9.75. The number of aromatic nitrogens is 1. The summed E-state index contributed by atoms with van der Waals surface area (Å²) in [6.07, 6.45) is 7.16. The molecule has 24 heavy (non-hydrogen) atoms. The zero-order chi connectivity index (χ0) is 15.6.